The van der Waals surface area contributed by atoms with E-state index in [0.717, 1.165) is 38.6 Å². The maximum Gasteiger partial charge on any atom is 0.303 e. The standard InChI is InChI=1S/C93H119FN16O20S/c1-9-10-27-74-92(128)110-41-20-29-73(110)87(123)103-70(50-130-53-111)85(121)105-80(55(4)5)93(129)107(7)75(45-56-21-13-11-14-22-56)88(124)99-65(38-39-79(115)116)90(126)109-40-19-28-72(109)86(122)102-68(47-60-48-96-64-26-18-17-25-63(60)64)84(120)101-67(43-59-32-36-62(112)37-33-59)83(119)100-66(42-54(2)3)82(118)104-71(81(117)97-49-77(95)113)51-131-52-78(114)98-69(44-58-30-34-61(94)35-31-58)89(125)108(8)76(91(127)106(74)6)46-57-23-15-12-16-24-57/h11-18,21-26,30-37,48,53-55,65-76,80,96,112H,9-10,19-20,27-29,38-47,49-52H2,1-8H3,(H2,95,113)(H,97,117)(H,98,114)(H,99,124)(H,100,119)(H,101,120)(H,102,122)(H,103,123)(H,104,118)(H,105,121)(H,115,116)/t65-,66-,67-,68-,69-,70-,71-,72+,73+,74-,75-,76-,80-/m0/s1. The van der Waals surface area contributed by atoms with Gasteiger partial charge in [-0.15, -0.1) is 11.8 Å². The van der Waals surface area contributed by atoms with Gasteiger partial charge in [0, 0.05) is 95.6 Å². The van der Waals surface area contributed by atoms with Crippen molar-refractivity contribution >= 4 is 124 Å². The average molecular weight is 1830 g/mol. The van der Waals surface area contributed by atoms with E-state index in [1.165, 1.54) is 67.3 Å². The molecule has 3 aliphatic heterocycles. The Morgan fingerprint density at radius 3 is 1.64 bits per heavy atom. The van der Waals surface area contributed by atoms with E-state index in [2.05, 4.69) is 52.8 Å². The molecule has 1 aromatic heterocycles. The molecule has 14 N–H and O–H groups in total. The van der Waals surface area contributed by atoms with Crippen LogP contribution in [0.2, 0.25) is 0 Å². The number of aliphatic carboxylic acids is 1. The van der Waals surface area contributed by atoms with Gasteiger partial charge in [-0.05, 0) is 115 Å². The zero-order chi connectivity index (χ0) is 95.3. The van der Waals surface area contributed by atoms with Gasteiger partial charge in [-0.1, -0.05) is 151 Å². The molecule has 0 aliphatic carbocycles. The highest BCUT2D eigenvalue weighted by Crippen LogP contribution is 2.28. The SMILES string of the molecule is CCCC[C@H]1C(=O)N2CCC[C@@H]2C(=O)N[C@@H](COC=O)C(=O)N[C@@H](C(C)C)C(=O)N(C)[C@@H](Cc2ccccc2)C(=O)N[C@@H](CCC(=O)O)C(=O)N2CCC[C@@H]2C(=O)N[C@@H](Cc2c[nH]c3ccccc23)C(=O)N[C@@H](Cc2ccc(O)cc2)C(=O)N[C@@H](CC(C)C)C(=O)N[C@H](C(=O)NCC(N)=O)CSCC(=O)N[C@@H](Cc2ccc(F)cc2)C(=O)N(C)[C@@H](Cc2ccccc2)C(=O)N1C. The summed E-state index contributed by atoms with van der Waals surface area (Å²) in [6, 6.07) is 14.8. The number of likely N-dealkylation sites (N-methyl/N-ethyl adjacent to an activating group) is 3. The van der Waals surface area contributed by atoms with E-state index >= 15 is 47.9 Å². The first-order chi connectivity index (χ1) is 62.5. The highest BCUT2D eigenvalue weighted by molar-refractivity contribution is 8.00. The molecule has 0 saturated carbocycles. The first kappa shape index (κ1) is 101. The number of aromatic hydroxyl groups is 1. The smallest absolute Gasteiger partial charge is 0.303 e. The van der Waals surface area contributed by atoms with Crippen LogP contribution in [0, 0.1) is 17.7 Å². The maximum absolute atomic E-state index is 15.7. The van der Waals surface area contributed by atoms with E-state index < -0.39 is 222 Å². The van der Waals surface area contributed by atoms with Crippen LogP contribution in [0.3, 0.4) is 0 Å². The lowest BCUT2D eigenvalue weighted by atomic mass is 9.98. The van der Waals surface area contributed by atoms with Crippen molar-refractivity contribution in [1.82, 2.24) is 77.3 Å². The minimum Gasteiger partial charge on any atom is -0.508 e. The van der Waals surface area contributed by atoms with Gasteiger partial charge in [0.1, 0.15) is 96.7 Å². The number of nitrogens with zero attached hydrogens (tertiary/aromatic N) is 5. The first-order valence-corrected chi connectivity index (χ1v) is 45.1. The summed E-state index contributed by atoms with van der Waals surface area (Å²) in [5, 5.41) is 45.3. The number of primary amides is 1. The van der Waals surface area contributed by atoms with Gasteiger partial charge in [-0.3, -0.25) is 81.5 Å². The average Bonchev–Trinajstić information content (AvgIpc) is 1.37. The second kappa shape index (κ2) is 48.9. The zero-order valence-electron chi connectivity index (χ0n) is 74.7. The fourth-order valence-electron chi connectivity index (χ4n) is 16.3. The normalized spacial score (nSPS) is 23.7. The quantitative estimate of drug-likeness (QED) is 0.0365. The molecule has 131 heavy (non-hydrogen) atoms. The van der Waals surface area contributed by atoms with Crippen LogP contribution < -0.4 is 53.6 Å². The lowest BCUT2D eigenvalue weighted by molar-refractivity contribution is -0.152. The lowest BCUT2D eigenvalue weighted by Gasteiger charge is -2.38. The number of ether oxygens (including phenoxy) is 1. The van der Waals surface area contributed by atoms with E-state index in [0.29, 0.717) is 51.6 Å². The van der Waals surface area contributed by atoms with Crippen LogP contribution in [0.25, 0.3) is 10.9 Å². The number of aromatic nitrogens is 1. The van der Waals surface area contributed by atoms with Crippen molar-refractivity contribution in [1.29, 1.82) is 0 Å². The molecule has 5 aromatic carbocycles. The largest absolute Gasteiger partial charge is 0.508 e. The minimum absolute atomic E-state index is 0.0209. The Labute approximate surface area is 763 Å². The van der Waals surface area contributed by atoms with Crippen molar-refractivity contribution in [2.45, 2.75) is 209 Å². The monoisotopic (exact) mass is 1830 g/mol. The highest BCUT2D eigenvalue weighted by atomic mass is 32.2. The van der Waals surface area contributed by atoms with E-state index in [9.17, 15) is 48.2 Å². The van der Waals surface area contributed by atoms with Gasteiger partial charge in [-0.25, -0.2) is 4.39 Å². The number of para-hydroxylation sites is 1. The molecular formula is C93H119FN16O20S. The number of phenolic OH excluding ortho intramolecular Hbond substituents is 1. The van der Waals surface area contributed by atoms with Crippen molar-refractivity contribution in [3.8, 4) is 5.75 Å². The summed E-state index contributed by atoms with van der Waals surface area (Å²) in [5.41, 5.74) is 8.41. The summed E-state index contributed by atoms with van der Waals surface area (Å²) < 4.78 is 19.7. The van der Waals surface area contributed by atoms with Gasteiger partial charge in [0.25, 0.3) is 6.47 Å². The molecule has 3 aliphatic rings. The third-order valence-corrected chi connectivity index (χ3v) is 24.5. The number of H-pyrrole nitrogens is 1. The van der Waals surface area contributed by atoms with E-state index in [1.54, 1.807) is 119 Å². The Morgan fingerprint density at radius 1 is 0.542 bits per heavy atom. The number of nitrogens with two attached hydrogens (primary N) is 1. The summed E-state index contributed by atoms with van der Waals surface area (Å²) in [5.74, 6) is -17.8. The molecule has 0 radical (unpaired) electrons. The molecular weight excluding hydrogens is 1710 g/mol. The molecule has 3 fully saturated rings. The van der Waals surface area contributed by atoms with Gasteiger partial charge in [-0.2, -0.15) is 0 Å². The number of nitrogens with one attached hydrogen (secondary N) is 10. The third kappa shape index (κ3) is 28.9. The summed E-state index contributed by atoms with van der Waals surface area (Å²) >= 11 is 0.789. The Bertz CT molecular complexity index is 5030. The summed E-state index contributed by atoms with van der Waals surface area (Å²) in [4.78, 5) is 258. The fourth-order valence-corrected chi connectivity index (χ4v) is 17.1. The van der Waals surface area contributed by atoms with Gasteiger partial charge in [0.15, 0.2) is 0 Å². The second-order valence-electron chi connectivity index (χ2n) is 34.0. The molecule has 6 aromatic rings. The maximum atomic E-state index is 15.7. The number of thioether (sulfide) groups is 1. The Kier molecular flexibility index (Phi) is 37.9. The predicted octanol–water partition coefficient (Wildman–Crippen LogP) is 2.15. The molecule has 3 saturated heterocycles. The van der Waals surface area contributed by atoms with Crippen molar-refractivity contribution < 1.29 is 101 Å². The number of halogens is 1. The number of carbonyl (C=O) groups is 17. The van der Waals surface area contributed by atoms with Crippen LogP contribution in [0.15, 0.2) is 140 Å². The number of amides is 15. The topological polar surface area (TPSA) is 506 Å². The van der Waals surface area contributed by atoms with E-state index in [4.69, 9.17) is 10.5 Å². The molecule has 4 heterocycles. The molecule has 704 valence electrons. The number of rotatable bonds is 25. The summed E-state index contributed by atoms with van der Waals surface area (Å²) in [6.07, 6.45) is 0.336. The lowest BCUT2D eigenvalue weighted by Crippen LogP contribution is -2.62. The fraction of sp³-hybridized carbons (Fsp3) is 0.473. The molecule has 15 amide bonds. The number of carboxylic acids is 1. The molecule has 0 spiro atoms. The second-order valence-corrected chi connectivity index (χ2v) is 35.0. The summed E-state index contributed by atoms with van der Waals surface area (Å²) in [7, 11) is 3.99. The number of carbonyl (C=O) groups excluding carboxylic acids is 16. The molecule has 0 bridgehead atoms. The number of hydrogen-bond donors (Lipinski definition) is 13. The number of fused-ring (bicyclic) bond motifs is 3. The van der Waals surface area contributed by atoms with Crippen LogP contribution in [-0.2, 0) is 118 Å². The number of benzene rings is 5. The number of hydrogen-bond acceptors (Lipinski definition) is 20. The number of unbranched alkanes of at least 4 members (excludes halogenated alkanes) is 1. The van der Waals surface area contributed by atoms with Crippen molar-refractivity contribution in [3.63, 3.8) is 0 Å². The molecule has 9 rings (SSSR count). The third-order valence-electron chi connectivity index (χ3n) is 23.5. The van der Waals surface area contributed by atoms with Gasteiger partial charge in [0.05, 0.1) is 12.3 Å². The molecule has 13 atom stereocenters. The number of phenols is 1. The van der Waals surface area contributed by atoms with Crippen LogP contribution in [0.4, 0.5) is 4.39 Å². The van der Waals surface area contributed by atoms with Crippen LogP contribution in [-0.4, -0.2) is 278 Å². The molecule has 38 heteroatoms. The van der Waals surface area contributed by atoms with Crippen molar-refractivity contribution in [3.05, 3.63) is 173 Å². The van der Waals surface area contributed by atoms with E-state index in [1.807, 2.05) is 6.92 Å². The first-order valence-electron chi connectivity index (χ1n) is 43.9. The predicted molar refractivity (Wildman–Crippen MR) is 481 cm³/mol. The van der Waals surface area contributed by atoms with Crippen LogP contribution in [0.5, 0.6) is 5.75 Å². The Morgan fingerprint density at radius 2 is 1.05 bits per heavy atom. The van der Waals surface area contributed by atoms with Crippen molar-refractivity contribution in [2.75, 3.05) is 58.9 Å². The Balaban J connectivity index is 1.12. The van der Waals surface area contributed by atoms with Crippen LogP contribution >= 0.6 is 11.8 Å². The highest BCUT2D eigenvalue weighted by Gasteiger charge is 2.46. The summed E-state index contributed by atoms with van der Waals surface area (Å²) in [6.45, 7) is 6.84. The zero-order valence-corrected chi connectivity index (χ0v) is 75.5. The molecule has 0 unspecified atom stereocenters. The Hall–Kier alpha value is -13.3. The van der Waals surface area contributed by atoms with Gasteiger partial charge in [0.2, 0.25) is 88.6 Å². The van der Waals surface area contributed by atoms with Crippen molar-refractivity contribution in [2.24, 2.45) is 17.6 Å². The van der Waals surface area contributed by atoms with E-state index in [-0.39, 0.29) is 102 Å². The number of carboxylic acid groups (broad SMARTS) is 1. The molecule has 36 nitrogen and oxygen atoms in total. The number of aromatic amines is 1. The minimum atomic E-state index is -1.75. The van der Waals surface area contributed by atoms with Gasteiger partial charge < -0.3 is 98.0 Å². The van der Waals surface area contributed by atoms with Gasteiger partial charge >= 0.3 is 5.97 Å². The van der Waals surface area contributed by atoms with Crippen LogP contribution in [0.1, 0.15) is 127 Å².